The largest absolute Gasteiger partial charge is 0.316 e. The molecule has 90 valence electrons. The Morgan fingerprint density at radius 1 is 1.50 bits per heavy atom. The second-order valence-electron chi connectivity index (χ2n) is 5.08. The van der Waals surface area contributed by atoms with Crippen molar-refractivity contribution in [3.63, 3.8) is 0 Å². The lowest BCUT2D eigenvalue weighted by Crippen LogP contribution is -2.33. The van der Waals surface area contributed by atoms with E-state index in [1.807, 2.05) is 0 Å². The highest BCUT2D eigenvalue weighted by Crippen LogP contribution is 2.23. The minimum absolute atomic E-state index is 0.438. The van der Waals surface area contributed by atoms with Crippen LogP contribution in [0.3, 0.4) is 0 Å². The van der Waals surface area contributed by atoms with E-state index in [0.29, 0.717) is 5.41 Å². The first kappa shape index (κ1) is 12.0. The van der Waals surface area contributed by atoms with E-state index < -0.39 is 0 Å². The second kappa shape index (κ2) is 4.82. The Morgan fingerprint density at radius 2 is 2.31 bits per heavy atom. The van der Waals surface area contributed by atoms with Crippen molar-refractivity contribution in [3.05, 3.63) is 15.6 Å². The van der Waals surface area contributed by atoms with Crippen molar-refractivity contribution < 1.29 is 0 Å². The first-order valence-corrected chi connectivity index (χ1v) is 6.75. The van der Waals surface area contributed by atoms with Gasteiger partial charge in [-0.15, -0.1) is 11.3 Å². The first-order valence-electron chi connectivity index (χ1n) is 5.93. The summed E-state index contributed by atoms with van der Waals surface area (Å²) in [7, 11) is 0. The molecule has 1 unspecified atom stereocenters. The van der Waals surface area contributed by atoms with Crippen LogP contribution in [0.2, 0.25) is 0 Å². The van der Waals surface area contributed by atoms with Crippen LogP contribution in [-0.2, 0) is 6.54 Å². The van der Waals surface area contributed by atoms with E-state index in [0.717, 1.165) is 26.2 Å². The fraction of sp³-hybridized carbons (Fsp3) is 0.750. The van der Waals surface area contributed by atoms with Gasteiger partial charge in [0.05, 0.1) is 10.7 Å². The summed E-state index contributed by atoms with van der Waals surface area (Å²) in [6, 6.07) is 0. The van der Waals surface area contributed by atoms with Gasteiger partial charge in [-0.25, -0.2) is 4.98 Å². The van der Waals surface area contributed by atoms with Gasteiger partial charge in [-0.1, -0.05) is 6.92 Å². The molecular weight excluding hydrogens is 218 g/mol. The molecule has 0 bridgehead atoms. The number of rotatable bonds is 4. The summed E-state index contributed by atoms with van der Waals surface area (Å²) in [6.07, 6.45) is 1.28. The highest BCUT2D eigenvalue weighted by molar-refractivity contribution is 7.11. The quantitative estimate of drug-likeness (QED) is 0.842. The molecule has 0 aliphatic carbocycles. The molecule has 2 N–H and O–H groups in total. The van der Waals surface area contributed by atoms with Crippen molar-refractivity contribution in [2.24, 2.45) is 5.41 Å². The Kier molecular flexibility index (Phi) is 3.62. The summed E-state index contributed by atoms with van der Waals surface area (Å²) < 4.78 is 0. The summed E-state index contributed by atoms with van der Waals surface area (Å²) in [5.41, 5.74) is 1.62. The third kappa shape index (κ3) is 2.81. The lowest BCUT2D eigenvalue weighted by Gasteiger charge is -2.22. The normalized spacial score (nSPS) is 25.2. The van der Waals surface area contributed by atoms with Crippen LogP contribution in [0.5, 0.6) is 0 Å². The van der Waals surface area contributed by atoms with E-state index in [1.54, 1.807) is 11.3 Å². The Bertz CT molecular complexity index is 353. The van der Waals surface area contributed by atoms with E-state index >= 15 is 0 Å². The zero-order chi connectivity index (χ0) is 11.6. The van der Waals surface area contributed by atoms with Crippen LogP contribution in [0.1, 0.15) is 28.9 Å². The lowest BCUT2D eigenvalue weighted by atomic mass is 9.90. The van der Waals surface area contributed by atoms with Crippen molar-refractivity contribution in [3.8, 4) is 0 Å². The van der Waals surface area contributed by atoms with Crippen molar-refractivity contribution in [1.82, 2.24) is 15.6 Å². The van der Waals surface area contributed by atoms with E-state index in [-0.39, 0.29) is 0 Å². The van der Waals surface area contributed by atoms with E-state index in [9.17, 15) is 0 Å². The van der Waals surface area contributed by atoms with Gasteiger partial charge in [-0.3, -0.25) is 0 Å². The zero-order valence-electron chi connectivity index (χ0n) is 10.4. The van der Waals surface area contributed by atoms with Gasteiger partial charge < -0.3 is 10.6 Å². The zero-order valence-corrected chi connectivity index (χ0v) is 11.2. The molecule has 3 nitrogen and oxygen atoms in total. The fourth-order valence-electron chi connectivity index (χ4n) is 2.23. The van der Waals surface area contributed by atoms with Crippen LogP contribution in [0, 0.1) is 19.3 Å². The molecule has 0 saturated carbocycles. The molecule has 1 fully saturated rings. The molecule has 0 aromatic carbocycles. The third-order valence-electron chi connectivity index (χ3n) is 3.29. The molecule has 1 aromatic heterocycles. The molecule has 0 radical (unpaired) electrons. The van der Waals surface area contributed by atoms with Crippen molar-refractivity contribution in [1.29, 1.82) is 0 Å². The Balaban J connectivity index is 1.81. The Morgan fingerprint density at radius 3 is 2.88 bits per heavy atom. The molecule has 1 atom stereocenters. The molecule has 2 heterocycles. The number of hydrogen-bond donors (Lipinski definition) is 2. The predicted molar refractivity (Wildman–Crippen MR) is 68.9 cm³/mol. The highest BCUT2D eigenvalue weighted by atomic mass is 32.1. The maximum absolute atomic E-state index is 4.44. The summed E-state index contributed by atoms with van der Waals surface area (Å²) >= 11 is 1.81. The van der Waals surface area contributed by atoms with Gasteiger partial charge in [-0.05, 0) is 32.2 Å². The number of thiazole rings is 1. The number of nitrogens with one attached hydrogen (secondary N) is 2. The molecule has 16 heavy (non-hydrogen) atoms. The van der Waals surface area contributed by atoms with Crippen molar-refractivity contribution in [2.45, 2.75) is 33.7 Å². The number of hydrogen-bond acceptors (Lipinski definition) is 4. The predicted octanol–water partition coefficient (Wildman–Crippen LogP) is 1.85. The Labute approximate surface area is 102 Å². The lowest BCUT2D eigenvalue weighted by molar-refractivity contribution is 0.339. The summed E-state index contributed by atoms with van der Waals surface area (Å²) in [5.74, 6) is 0. The van der Waals surface area contributed by atoms with Gasteiger partial charge >= 0.3 is 0 Å². The second-order valence-corrected chi connectivity index (χ2v) is 6.37. The van der Waals surface area contributed by atoms with E-state index in [1.165, 1.54) is 22.0 Å². The maximum Gasteiger partial charge on any atom is 0.0900 e. The SMILES string of the molecule is Cc1nc(C)c(CNCC2(C)CCNC2)s1. The molecule has 2 rings (SSSR count). The third-order valence-corrected chi connectivity index (χ3v) is 4.37. The van der Waals surface area contributed by atoms with Crippen molar-refractivity contribution >= 4 is 11.3 Å². The number of nitrogens with zero attached hydrogens (tertiary/aromatic N) is 1. The minimum atomic E-state index is 0.438. The number of aryl methyl sites for hydroxylation is 2. The summed E-state index contributed by atoms with van der Waals surface area (Å²) in [4.78, 5) is 5.83. The molecule has 1 saturated heterocycles. The van der Waals surface area contributed by atoms with Gasteiger partial charge in [0.2, 0.25) is 0 Å². The standard InChI is InChI=1S/C12H21N3S/c1-9-11(16-10(2)15-9)6-14-8-12(3)4-5-13-7-12/h13-14H,4-8H2,1-3H3. The van der Waals surface area contributed by atoms with E-state index in [4.69, 9.17) is 0 Å². The number of aromatic nitrogens is 1. The Hall–Kier alpha value is -0.450. The topological polar surface area (TPSA) is 37.0 Å². The first-order chi connectivity index (χ1) is 7.59. The summed E-state index contributed by atoms with van der Waals surface area (Å²) in [5, 5.41) is 8.17. The van der Waals surface area contributed by atoms with Gasteiger partial charge in [-0.2, -0.15) is 0 Å². The van der Waals surface area contributed by atoms with Crippen LogP contribution in [-0.4, -0.2) is 24.6 Å². The van der Waals surface area contributed by atoms with Crippen LogP contribution in [0.15, 0.2) is 0 Å². The van der Waals surface area contributed by atoms with Gasteiger partial charge in [0.1, 0.15) is 0 Å². The van der Waals surface area contributed by atoms with Crippen LogP contribution < -0.4 is 10.6 Å². The van der Waals surface area contributed by atoms with Crippen molar-refractivity contribution in [2.75, 3.05) is 19.6 Å². The monoisotopic (exact) mass is 239 g/mol. The minimum Gasteiger partial charge on any atom is -0.316 e. The highest BCUT2D eigenvalue weighted by Gasteiger charge is 2.27. The smallest absolute Gasteiger partial charge is 0.0900 e. The molecule has 4 heteroatoms. The average Bonchev–Trinajstić information content (AvgIpc) is 2.75. The fourth-order valence-corrected chi connectivity index (χ4v) is 3.14. The van der Waals surface area contributed by atoms with E-state index in [2.05, 4.69) is 36.4 Å². The molecular formula is C12H21N3S. The molecule has 0 amide bonds. The molecule has 1 aliphatic heterocycles. The van der Waals surface area contributed by atoms with Crippen LogP contribution >= 0.6 is 11.3 Å². The molecule has 1 aromatic rings. The van der Waals surface area contributed by atoms with Gasteiger partial charge in [0.15, 0.2) is 0 Å². The van der Waals surface area contributed by atoms with Gasteiger partial charge in [0, 0.05) is 24.5 Å². The van der Waals surface area contributed by atoms with Gasteiger partial charge in [0.25, 0.3) is 0 Å². The average molecular weight is 239 g/mol. The maximum atomic E-state index is 4.44. The van der Waals surface area contributed by atoms with Crippen LogP contribution in [0.4, 0.5) is 0 Å². The molecule has 0 spiro atoms. The van der Waals surface area contributed by atoms with Crippen LogP contribution in [0.25, 0.3) is 0 Å². The summed E-state index contributed by atoms with van der Waals surface area (Å²) in [6.45, 7) is 10.9. The molecule has 1 aliphatic rings.